The number of amides is 3. The summed E-state index contributed by atoms with van der Waals surface area (Å²) in [6.07, 6.45) is -0.0721. The van der Waals surface area contributed by atoms with Crippen LogP contribution in [0.5, 0.6) is 0 Å². The molecule has 0 radical (unpaired) electrons. The fourth-order valence-electron chi connectivity index (χ4n) is 1.03. The number of carboxylic acid groups (broad SMARTS) is 1. The number of carbonyl (C=O) groups excluding carboxylic acids is 2. The van der Waals surface area contributed by atoms with Crippen molar-refractivity contribution in [1.29, 1.82) is 0 Å². The van der Waals surface area contributed by atoms with Crippen molar-refractivity contribution < 1.29 is 24.0 Å². The van der Waals surface area contributed by atoms with E-state index in [-0.39, 0.29) is 18.9 Å². The Hall–Kier alpha value is -2.38. The van der Waals surface area contributed by atoms with E-state index in [0.717, 1.165) is 0 Å². The van der Waals surface area contributed by atoms with Crippen LogP contribution >= 0.6 is 0 Å². The minimum atomic E-state index is -0.895. The molecule has 1 aliphatic rings. The quantitative estimate of drug-likeness (QED) is 0.711. The van der Waals surface area contributed by atoms with Gasteiger partial charge < -0.3 is 14.9 Å². The van der Waals surface area contributed by atoms with E-state index in [0.29, 0.717) is 11.5 Å². The molecule has 8 heteroatoms. The van der Waals surface area contributed by atoms with Crippen LogP contribution in [-0.2, 0) is 16.0 Å². The molecule has 8 nitrogen and oxygen atoms in total. The molecule has 0 spiro atoms. The van der Waals surface area contributed by atoms with Crippen molar-refractivity contribution in [3.05, 3.63) is 17.5 Å². The summed E-state index contributed by atoms with van der Waals surface area (Å²) in [4.78, 5) is 30.2. The maximum atomic E-state index is 10.1. The maximum Gasteiger partial charge on any atom is 0.321 e. The zero-order chi connectivity index (χ0) is 16.8. The number of nitrogens with one attached hydrogen (secondary N) is 2. The molecular formula is C13H23N3O5. The van der Waals surface area contributed by atoms with E-state index in [1.807, 2.05) is 33.0 Å². The van der Waals surface area contributed by atoms with Gasteiger partial charge in [0.1, 0.15) is 5.76 Å². The minimum absolute atomic E-state index is 0.0721. The lowest BCUT2D eigenvalue weighted by Crippen LogP contribution is -2.22. The predicted octanol–water partition coefficient (Wildman–Crippen LogP) is 1.49. The minimum Gasteiger partial charge on any atom is -0.481 e. The zero-order valence-electron chi connectivity index (χ0n) is 13.0. The summed E-state index contributed by atoms with van der Waals surface area (Å²) in [5.74, 6) is -0.519. The number of carboxylic acids is 1. The van der Waals surface area contributed by atoms with Crippen LogP contribution < -0.4 is 10.6 Å². The van der Waals surface area contributed by atoms with Crippen LogP contribution in [0.25, 0.3) is 0 Å². The van der Waals surface area contributed by atoms with Gasteiger partial charge in [0.2, 0.25) is 5.91 Å². The molecule has 3 N–H and O–H groups in total. The van der Waals surface area contributed by atoms with Gasteiger partial charge in [-0.05, 0) is 6.92 Å². The van der Waals surface area contributed by atoms with Gasteiger partial charge in [-0.25, -0.2) is 4.79 Å². The van der Waals surface area contributed by atoms with Crippen LogP contribution in [0.3, 0.4) is 0 Å². The predicted molar refractivity (Wildman–Crippen MR) is 76.8 cm³/mol. The molecule has 1 aromatic rings. The Morgan fingerprint density at radius 3 is 2.14 bits per heavy atom. The number of aryl methyl sites for hydroxylation is 1. The highest BCUT2D eigenvalue weighted by Gasteiger charge is 2.14. The van der Waals surface area contributed by atoms with Crippen molar-refractivity contribution in [1.82, 2.24) is 15.8 Å². The van der Waals surface area contributed by atoms with Crippen molar-refractivity contribution >= 4 is 17.9 Å². The number of aliphatic carboxylic acids is 1. The third-order valence-corrected chi connectivity index (χ3v) is 1.67. The third kappa shape index (κ3) is 11.2. The monoisotopic (exact) mass is 301 g/mol. The van der Waals surface area contributed by atoms with Gasteiger partial charge in [-0.15, -0.1) is 0 Å². The zero-order valence-corrected chi connectivity index (χ0v) is 13.0. The lowest BCUT2D eigenvalue weighted by Gasteiger charge is -1.82. The molecule has 1 aromatic heterocycles. The average molecular weight is 301 g/mol. The lowest BCUT2D eigenvalue weighted by atomic mass is 10.3. The first kappa shape index (κ1) is 20.9. The summed E-state index contributed by atoms with van der Waals surface area (Å²) in [6, 6.07) is 1.21. The average Bonchev–Trinajstić information content (AvgIpc) is 3.03. The molecule has 21 heavy (non-hydrogen) atoms. The van der Waals surface area contributed by atoms with Crippen molar-refractivity contribution in [2.45, 2.75) is 41.0 Å². The van der Waals surface area contributed by atoms with Gasteiger partial charge in [0.25, 0.3) is 0 Å². The van der Waals surface area contributed by atoms with Crippen LogP contribution in [0, 0.1) is 6.92 Å². The smallest absolute Gasteiger partial charge is 0.321 e. The summed E-state index contributed by atoms with van der Waals surface area (Å²) < 4.78 is 4.65. The van der Waals surface area contributed by atoms with Crippen LogP contribution in [0.4, 0.5) is 4.79 Å². The molecule has 0 aromatic carbocycles. The standard InChI is InChI=1S/C6H7NO3.C3H4N2O2.2C2H6/c1-4-2-5(7-10-4)3-6(8)9;6-2-1-4-3(7)5-2;2*1-2/h2H,3H2,1H3,(H,8,9);1H2,(H2,4,5,6,7);2*1-2H3. The molecule has 0 unspecified atom stereocenters. The summed E-state index contributed by atoms with van der Waals surface area (Å²) in [7, 11) is 0. The Kier molecular flexibility index (Phi) is 12.6. The van der Waals surface area contributed by atoms with Crippen LogP contribution in [-0.4, -0.2) is 34.7 Å². The number of carbonyl (C=O) groups is 3. The van der Waals surface area contributed by atoms with Crippen molar-refractivity contribution in [2.24, 2.45) is 0 Å². The number of aromatic nitrogens is 1. The lowest BCUT2D eigenvalue weighted by molar-refractivity contribution is -0.136. The van der Waals surface area contributed by atoms with E-state index in [9.17, 15) is 14.4 Å². The van der Waals surface area contributed by atoms with E-state index >= 15 is 0 Å². The second-order valence-electron chi connectivity index (χ2n) is 3.23. The molecule has 2 rings (SSSR count). The SMILES string of the molecule is CC.CC.Cc1cc(CC(=O)O)no1.O=C1CNC(=O)N1. The molecule has 1 fully saturated rings. The van der Waals surface area contributed by atoms with E-state index in [4.69, 9.17) is 5.11 Å². The molecular weight excluding hydrogens is 278 g/mol. The highest BCUT2D eigenvalue weighted by atomic mass is 16.5. The van der Waals surface area contributed by atoms with Gasteiger partial charge >= 0.3 is 12.0 Å². The highest BCUT2D eigenvalue weighted by Crippen LogP contribution is 2.01. The maximum absolute atomic E-state index is 10.1. The summed E-state index contributed by atoms with van der Waals surface area (Å²) in [6.45, 7) is 9.84. The van der Waals surface area contributed by atoms with Gasteiger partial charge in [-0.3, -0.25) is 14.9 Å². The first-order chi connectivity index (χ1) is 9.97. The molecule has 0 bridgehead atoms. The van der Waals surface area contributed by atoms with Crippen LogP contribution in [0.2, 0.25) is 0 Å². The number of imide groups is 1. The van der Waals surface area contributed by atoms with Crippen molar-refractivity contribution in [3.8, 4) is 0 Å². The summed E-state index contributed by atoms with van der Waals surface area (Å²) in [5.41, 5.74) is 0.463. The van der Waals surface area contributed by atoms with Gasteiger partial charge in [0, 0.05) is 6.07 Å². The Morgan fingerprint density at radius 2 is 1.90 bits per heavy atom. The number of rotatable bonds is 2. The number of urea groups is 1. The Morgan fingerprint density at radius 1 is 1.33 bits per heavy atom. The van der Waals surface area contributed by atoms with Gasteiger partial charge in [0.15, 0.2) is 0 Å². The third-order valence-electron chi connectivity index (χ3n) is 1.67. The Labute approximate surface area is 123 Å². The largest absolute Gasteiger partial charge is 0.481 e. The number of hydrogen-bond acceptors (Lipinski definition) is 5. The second kappa shape index (κ2) is 12.6. The Bertz CT molecular complexity index is 429. The van der Waals surface area contributed by atoms with E-state index in [1.54, 1.807) is 13.0 Å². The van der Waals surface area contributed by atoms with Crippen molar-refractivity contribution in [3.63, 3.8) is 0 Å². The fourth-order valence-corrected chi connectivity index (χ4v) is 1.03. The van der Waals surface area contributed by atoms with Crippen molar-refractivity contribution in [2.75, 3.05) is 6.54 Å². The first-order valence-corrected chi connectivity index (χ1v) is 6.69. The van der Waals surface area contributed by atoms with E-state index < -0.39 is 12.0 Å². The fraction of sp³-hybridized carbons (Fsp3) is 0.538. The van der Waals surface area contributed by atoms with E-state index in [2.05, 4.69) is 15.0 Å². The van der Waals surface area contributed by atoms with Gasteiger partial charge in [0.05, 0.1) is 18.7 Å². The molecule has 0 aliphatic carbocycles. The molecule has 0 atom stereocenters. The molecule has 120 valence electrons. The van der Waals surface area contributed by atoms with Crippen LogP contribution in [0.15, 0.2) is 10.6 Å². The van der Waals surface area contributed by atoms with E-state index in [1.165, 1.54) is 0 Å². The second-order valence-corrected chi connectivity index (χ2v) is 3.23. The molecule has 0 saturated carbocycles. The summed E-state index contributed by atoms with van der Waals surface area (Å²) in [5, 5.41) is 16.1. The first-order valence-electron chi connectivity index (χ1n) is 6.69. The number of nitrogens with zero attached hydrogens (tertiary/aromatic N) is 1. The summed E-state index contributed by atoms with van der Waals surface area (Å²) >= 11 is 0. The Balaban J connectivity index is 0. The molecule has 1 aliphatic heterocycles. The molecule has 1 saturated heterocycles. The van der Waals surface area contributed by atoms with Crippen LogP contribution in [0.1, 0.15) is 39.1 Å². The topological polar surface area (TPSA) is 122 Å². The van der Waals surface area contributed by atoms with Gasteiger partial charge in [-0.1, -0.05) is 32.9 Å². The normalized spacial score (nSPS) is 11.5. The number of hydrogen-bond donors (Lipinski definition) is 3. The highest BCUT2D eigenvalue weighted by molar-refractivity contribution is 6.01. The molecule has 2 heterocycles. The van der Waals surface area contributed by atoms with Gasteiger partial charge in [-0.2, -0.15) is 0 Å². The molecule has 3 amide bonds.